The Labute approximate surface area is 165 Å². The van der Waals surface area contributed by atoms with Gasteiger partial charge in [0, 0.05) is 12.8 Å². The van der Waals surface area contributed by atoms with Gasteiger partial charge in [-0.05, 0) is 36.2 Å². The second-order valence-corrected chi connectivity index (χ2v) is 7.45. The Morgan fingerprint density at radius 1 is 1.14 bits per heavy atom. The van der Waals surface area contributed by atoms with Crippen LogP contribution in [0.3, 0.4) is 0 Å². The number of rotatable bonds is 6. The number of Topliss-reactive ketones (excluding diaryl/α,β-unsaturated/α-hetero) is 1. The van der Waals surface area contributed by atoms with Gasteiger partial charge in [-0.2, -0.15) is 0 Å². The third kappa shape index (κ3) is 3.84. The zero-order valence-corrected chi connectivity index (χ0v) is 15.5. The first-order valence-corrected chi connectivity index (χ1v) is 8.80. The number of carboxylic acid groups (broad SMARTS) is 2. The van der Waals surface area contributed by atoms with Crippen LogP contribution >= 0.6 is 0 Å². The van der Waals surface area contributed by atoms with Gasteiger partial charge in [0.1, 0.15) is 5.82 Å². The highest BCUT2D eigenvalue weighted by Crippen LogP contribution is 2.42. The number of benzene rings is 1. The summed E-state index contributed by atoms with van der Waals surface area (Å²) in [5, 5.41) is 29.5. The molecule has 7 nitrogen and oxygen atoms in total. The van der Waals surface area contributed by atoms with Crippen LogP contribution in [-0.4, -0.2) is 38.6 Å². The predicted molar refractivity (Wildman–Crippen MR) is 97.8 cm³/mol. The minimum atomic E-state index is -2.59. The van der Waals surface area contributed by atoms with E-state index in [0.717, 1.165) is 11.6 Å². The lowest BCUT2D eigenvalue weighted by Crippen LogP contribution is -2.54. The quantitative estimate of drug-likeness (QED) is 0.501. The van der Waals surface area contributed by atoms with Crippen LogP contribution in [0.5, 0.6) is 0 Å². The molecule has 1 aliphatic rings. The van der Waals surface area contributed by atoms with Crippen molar-refractivity contribution in [3.05, 3.63) is 71.5 Å². The number of halogens is 1. The van der Waals surface area contributed by atoms with E-state index in [1.165, 1.54) is 37.5 Å². The summed E-state index contributed by atoms with van der Waals surface area (Å²) in [7, 11) is 0. The maximum Gasteiger partial charge on any atom is 0.336 e. The lowest BCUT2D eigenvalue weighted by molar-refractivity contribution is -0.169. The monoisotopic (exact) mass is 402 g/mol. The number of hydrogen-bond acceptors (Lipinski definition) is 5. The molecule has 1 aromatic heterocycles. The van der Waals surface area contributed by atoms with Gasteiger partial charge in [0.05, 0.1) is 17.6 Å². The second kappa shape index (κ2) is 7.29. The molecule has 0 saturated heterocycles. The van der Waals surface area contributed by atoms with E-state index in [1.54, 1.807) is 12.1 Å². The molecule has 1 heterocycles. The fourth-order valence-corrected chi connectivity index (χ4v) is 3.45. The summed E-state index contributed by atoms with van der Waals surface area (Å²) in [5.41, 5.74) is -2.83. The third-order valence-electron chi connectivity index (χ3n) is 5.17. The zero-order chi connectivity index (χ0) is 21.4. The van der Waals surface area contributed by atoms with Crippen molar-refractivity contribution in [2.45, 2.75) is 25.4 Å². The minimum Gasteiger partial charge on any atom is -0.481 e. The SMILES string of the molecule is CC1(C(=O)O)C=CC(C(=O)c2cc(Cc3ccc(F)cc3)co2)C(O)(C(=O)O)C1. The number of hydrogen-bond donors (Lipinski definition) is 3. The largest absolute Gasteiger partial charge is 0.481 e. The molecule has 3 unspecified atom stereocenters. The summed E-state index contributed by atoms with van der Waals surface area (Å²) in [6.45, 7) is 1.27. The van der Waals surface area contributed by atoms with Crippen molar-refractivity contribution in [3.63, 3.8) is 0 Å². The van der Waals surface area contributed by atoms with Gasteiger partial charge in [0.2, 0.25) is 5.78 Å². The molecule has 2 aromatic rings. The first-order valence-electron chi connectivity index (χ1n) is 8.80. The molecule has 0 radical (unpaired) electrons. The summed E-state index contributed by atoms with van der Waals surface area (Å²) < 4.78 is 18.3. The predicted octanol–water partition coefficient (Wildman–Crippen LogP) is 2.67. The number of aliphatic carboxylic acids is 2. The number of carbonyl (C=O) groups excluding carboxylic acids is 1. The van der Waals surface area contributed by atoms with Crippen LogP contribution in [0.15, 0.2) is 53.2 Å². The number of carboxylic acids is 2. The fraction of sp³-hybridized carbons (Fsp3) is 0.286. The Bertz CT molecular complexity index is 991. The van der Waals surface area contributed by atoms with Gasteiger partial charge in [-0.3, -0.25) is 9.59 Å². The van der Waals surface area contributed by atoms with Gasteiger partial charge in [0.25, 0.3) is 0 Å². The van der Waals surface area contributed by atoms with Crippen molar-refractivity contribution >= 4 is 17.7 Å². The van der Waals surface area contributed by atoms with Gasteiger partial charge in [0.15, 0.2) is 11.4 Å². The van der Waals surface area contributed by atoms with Gasteiger partial charge >= 0.3 is 11.9 Å². The van der Waals surface area contributed by atoms with Crippen molar-refractivity contribution in [2.24, 2.45) is 11.3 Å². The Hall–Kier alpha value is -3.26. The summed E-state index contributed by atoms with van der Waals surface area (Å²) in [5.74, 6) is -5.80. The molecule has 0 saturated carbocycles. The van der Waals surface area contributed by atoms with Crippen molar-refractivity contribution in [1.29, 1.82) is 0 Å². The van der Waals surface area contributed by atoms with E-state index < -0.39 is 41.1 Å². The van der Waals surface area contributed by atoms with E-state index in [0.29, 0.717) is 12.0 Å². The lowest BCUT2D eigenvalue weighted by Gasteiger charge is -2.38. The van der Waals surface area contributed by atoms with E-state index in [-0.39, 0.29) is 11.6 Å². The number of carbonyl (C=O) groups is 3. The first-order chi connectivity index (χ1) is 13.5. The Morgan fingerprint density at radius 3 is 2.38 bits per heavy atom. The van der Waals surface area contributed by atoms with Crippen LogP contribution in [0.4, 0.5) is 4.39 Å². The van der Waals surface area contributed by atoms with E-state index in [9.17, 15) is 34.1 Å². The summed E-state index contributed by atoms with van der Waals surface area (Å²) in [4.78, 5) is 36.0. The van der Waals surface area contributed by atoms with E-state index >= 15 is 0 Å². The molecule has 152 valence electrons. The third-order valence-corrected chi connectivity index (χ3v) is 5.17. The fourth-order valence-electron chi connectivity index (χ4n) is 3.45. The Morgan fingerprint density at radius 2 is 1.79 bits per heavy atom. The normalized spacial score (nSPS) is 26.2. The molecule has 0 aliphatic heterocycles. The summed E-state index contributed by atoms with van der Waals surface area (Å²) in [6, 6.07) is 7.21. The van der Waals surface area contributed by atoms with Crippen molar-refractivity contribution in [3.8, 4) is 0 Å². The van der Waals surface area contributed by atoms with Crippen LogP contribution in [0, 0.1) is 17.2 Å². The van der Waals surface area contributed by atoms with Gasteiger partial charge in [-0.25, -0.2) is 9.18 Å². The van der Waals surface area contributed by atoms with Crippen LogP contribution in [0.25, 0.3) is 0 Å². The van der Waals surface area contributed by atoms with E-state index in [1.807, 2.05) is 0 Å². The maximum atomic E-state index is 13.0. The summed E-state index contributed by atoms with van der Waals surface area (Å²) >= 11 is 0. The lowest BCUT2D eigenvalue weighted by atomic mass is 9.66. The zero-order valence-electron chi connectivity index (χ0n) is 15.5. The molecule has 0 amide bonds. The molecule has 0 bridgehead atoms. The minimum absolute atomic E-state index is 0.157. The van der Waals surface area contributed by atoms with Crippen molar-refractivity contribution < 1.29 is 38.5 Å². The first kappa shape index (κ1) is 20.5. The number of aliphatic hydroxyl groups is 1. The average Bonchev–Trinajstić information content (AvgIpc) is 3.11. The summed E-state index contributed by atoms with van der Waals surface area (Å²) in [6.07, 6.45) is 3.34. The molecule has 3 N–H and O–H groups in total. The van der Waals surface area contributed by atoms with Gasteiger partial charge < -0.3 is 19.7 Å². The average molecular weight is 402 g/mol. The topological polar surface area (TPSA) is 125 Å². The van der Waals surface area contributed by atoms with Crippen LogP contribution in [0.1, 0.15) is 35.0 Å². The van der Waals surface area contributed by atoms with Gasteiger partial charge in [-0.15, -0.1) is 0 Å². The van der Waals surface area contributed by atoms with Crippen LogP contribution in [-0.2, 0) is 16.0 Å². The van der Waals surface area contributed by atoms with Crippen LogP contribution < -0.4 is 0 Å². The molecule has 29 heavy (non-hydrogen) atoms. The highest BCUT2D eigenvalue weighted by Gasteiger charge is 2.55. The molecule has 3 atom stereocenters. The Kier molecular flexibility index (Phi) is 5.15. The van der Waals surface area contributed by atoms with Crippen LogP contribution in [0.2, 0.25) is 0 Å². The number of furan rings is 1. The molecule has 0 fully saturated rings. The van der Waals surface area contributed by atoms with Crippen molar-refractivity contribution in [1.82, 2.24) is 0 Å². The standard InChI is InChI=1S/C21H19FO7/c1-20(18(24)25)7-6-15(21(28,11-20)19(26)27)17(23)16-9-13(10-29-16)8-12-2-4-14(22)5-3-12/h2-7,9-10,15,28H,8,11H2,1H3,(H,24,25)(H,26,27). The Balaban J connectivity index is 1.87. The van der Waals surface area contributed by atoms with E-state index in [2.05, 4.69) is 0 Å². The highest BCUT2D eigenvalue weighted by molar-refractivity contribution is 6.01. The second-order valence-electron chi connectivity index (χ2n) is 7.45. The van der Waals surface area contributed by atoms with Crippen molar-refractivity contribution in [2.75, 3.05) is 0 Å². The molecule has 8 heteroatoms. The highest BCUT2D eigenvalue weighted by atomic mass is 19.1. The molecule has 1 aromatic carbocycles. The molecule has 1 aliphatic carbocycles. The molecule has 0 spiro atoms. The molecule has 3 rings (SSSR count). The molecular formula is C21H19FO7. The molecular weight excluding hydrogens is 383 g/mol. The van der Waals surface area contributed by atoms with Gasteiger partial charge in [-0.1, -0.05) is 24.3 Å². The smallest absolute Gasteiger partial charge is 0.336 e. The van der Waals surface area contributed by atoms with E-state index in [4.69, 9.17) is 4.42 Å². The number of ketones is 1. The maximum absolute atomic E-state index is 13.0.